The highest BCUT2D eigenvalue weighted by molar-refractivity contribution is 5.36. The third kappa shape index (κ3) is 2.93. The maximum atomic E-state index is 9.63. The van der Waals surface area contributed by atoms with Crippen molar-refractivity contribution in [2.24, 2.45) is 5.73 Å². The van der Waals surface area contributed by atoms with Gasteiger partial charge in [0.15, 0.2) is 0 Å². The fourth-order valence-corrected chi connectivity index (χ4v) is 1.44. The van der Waals surface area contributed by atoms with E-state index in [-0.39, 0.29) is 12.3 Å². The second-order valence-electron chi connectivity index (χ2n) is 3.79. The molecular formula is C11H17NO4. The minimum Gasteiger partial charge on any atom is -0.508 e. The van der Waals surface area contributed by atoms with E-state index >= 15 is 0 Å². The molecule has 0 heterocycles. The Bertz CT molecular complexity index is 354. The van der Waals surface area contributed by atoms with Crippen LogP contribution in [0.1, 0.15) is 30.3 Å². The number of hydrogen-bond acceptors (Lipinski definition) is 5. The number of phenolic OH excluding ortho intramolecular Hbond substituents is 1. The molecule has 90 valence electrons. The molecule has 0 spiro atoms. The van der Waals surface area contributed by atoms with Crippen LogP contribution in [0.25, 0.3) is 0 Å². The zero-order chi connectivity index (χ0) is 12.3. The van der Waals surface area contributed by atoms with Gasteiger partial charge in [-0.25, -0.2) is 0 Å². The smallest absolute Gasteiger partial charge is 0.116 e. The molecule has 0 amide bonds. The van der Waals surface area contributed by atoms with Crippen molar-refractivity contribution in [3.05, 3.63) is 29.3 Å². The summed E-state index contributed by atoms with van der Waals surface area (Å²) in [7, 11) is 0. The van der Waals surface area contributed by atoms with Crippen LogP contribution < -0.4 is 5.73 Å². The Balaban J connectivity index is 3.07. The quantitative estimate of drug-likeness (QED) is 0.489. The second kappa shape index (κ2) is 5.27. The number of nitrogens with two attached hydrogens (primary N) is 1. The van der Waals surface area contributed by atoms with Gasteiger partial charge in [0.05, 0.1) is 12.2 Å². The van der Waals surface area contributed by atoms with Gasteiger partial charge in [0, 0.05) is 6.54 Å². The summed E-state index contributed by atoms with van der Waals surface area (Å²) in [6.07, 6.45) is -2.95. The van der Waals surface area contributed by atoms with Crippen LogP contribution in [-0.4, -0.2) is 33.1 Å². The standard InChI is InChI=1S/C11H17NO4/c1-6(13)11(16)8-2-7(10(15)5-12)3-9(14)4-8/h2-4,6,10-11,13-16H,5,12H2,1H3/t6?,10-,11?/m0/s1. The first-order valence-corrected chi connectivity index (χ1v) is 5.03. The van der Waals surface area contributed by atoms with Gasteiger partial charge in [-0.1, -0.05) is 6.07 Å². The molecule has 5 heteroatoms. The van der Waals surface area contributed by atoms with Gasteiger partial charge in [-0.3, -0.25) is 0 Å². The molecular weight excluding hydrogens is 210 g/mol. The van der Waals surface area contributed by atoms with Crippen LogP contribution in [-0.2, 0) is 0 Å². The van der Waals surface area contributed by atoms with Crippen LogP contribution in [0.3, 0.4) is 0 Å². The summed E-state index contributed by atoms with van der Waals surface area (Å²) in [5.41, 5.74) is 6.06. The summed E-state index contributed by atoms with van der Waals surface area (Å²) in [6.45, 7) is 1.46. The Kier molecular flexibility index (Phi) is 4.26. The van der Waals surface area contributed by atoms with Crippen molar-refractivity contribution in [2.75, 3.05) is 6.54 Å². The van der Waals surface area contributed by atoms with Crippen molar-refractivity contribution in [2.45, 2.75) is 25.2 Å². The first kappa shape index (κ1) is 12.9. The lowest BCUT2D eigenvalue weighted by molar-refractivity contribution is 0.0302. The highest BCUT2D eigenvalue weighted by atomic mass is 16.3. The second-order valence-corrected chi connectivity index (χ2v) is 3.79. The summed E-state index contributed by atoms with van der Waals surface area (Å²) in [5.74, 6) is -0.0836. The van der Waals surface area contributed by atoms with E-state index in [2.05, 4.69) is 0 Å². The van der Waals surface area contributed by atoms with Gasteiger partial charge in [0.1, 0.15) is 11.9 Å². The van der Waals surface area contributed by atoms with Crippen LogP contribution in [0.4, 0.5) is 0 Å². The number of rotatable bonds is 4. The number of hydrogen-bond donors (Lipinski definition) is 5. The molecule has 0 saturated heterocycles. The maximum Gasteiger partial charge on any atom is 0.116 e. The largest absolute Gasteiger partial charge is 0.508 e. The van der Waals surface area contributed by atoms with E-state index in [9.17, 15) is 20.4 Å². The maximum absolute atomic E-state index is 9.63. The highest BCUT2D eigenvalue weighted by Gasteiger charge is 2.16. The molecule has 1 aromatic carbocycles. The molecule has 0 bridgehead atoms. The molecule has 3 atom stereocenters. The van der Waals surface area contributed by atoms with E-state index in [4.69, 9.17) is 5.73 Å². The Morgan fingerprint density at radius 2 is 1.69 bits per heavy atom. The van der Waals surface area contributed by atoms with E-state index in [0.717, 1.165) is 0 Å². The van der Waals surface area contributed by atoms with Crippen LogP contribution in [0.15, 0.2) is 18.2 Å². The fourth-order valence-electron chi connectivity index (χ4n) is 1.44. The topological polar surface area (TPSA) is 107 Å². The Morgan fingerprint density at radius 3 is 2.19 bits per heavy atom. The number of aromatic hydroxyl groups is 1. The first-order chi connectivity index (χ1) is 7.45. The van der Waals surface area contributed by atoms with Gasteiger partial charge in [-0.05, 0) is 30.2 Å². The lowest BCUT2D eigenvalue weighted by Crippen LogP contribution is -2.15. The molecule has 0 saturated carbocycles. The molecule has 1 aromatic rings. The minimum absolute atomic E-state index is 0.0215. The first-order valence-electron chi connectivity index (χ1n) is 5.03. The lowest BCUT2D eigenvalue weighted by atomic mass is 9.99. The summed E-state index contributed by atoms with van der Waals surface area (Å²) < 4.78 is 0. The molecule has 0 radical (unpaired) electrons. The zero-order valence-corrected chi connectivity index (χ0v) is 9.04. The van der Waals surface area contributed by atoms with Crippen molar-refractivity contribution < 1.29 is 20.4 Å². The van der Waals surface area contributed by atoms with Crippen molar-refractivity contribution in [3.63, 3.8) is 0 Å². The van der Waals surface area contributed by atoms with Crippen LogP contribution in [0, 0.1) is 0 Å². The normalized spacial score (nSPS) is 16.8. The van der Waals surface area contributed by atoms with Crippen LogP contribution in [0.5, 0.6) is 5.75 Å². The van der Waals surface area contributed by atoms with Crippen molar-refractivity contribution in [1.29, 1.82) is 0 Å². The van der Waals surface area contributed by atoms with E-state index in [1.807, 2.05) is 0 Å². The average Bonchev–Trinajstić information content (AvgIpc) is 2.25. The number of phenols is 1. The number of benzene rings is 1. The number of aliphatic hydroxyl groups is 3. The third-order valence-corrected chi connectivity index (χ3v) is 2.37. The summed E-state index contributed by atoms with van der Waals surface area (Å²) in [4.78, 5) is 0. The molecule has 2 unspecified atom stereocenters. The molecule has 16 heavy (non-hydrogen) atoms. The van der Waals surface area contributed by atoms with Gasteiger partial charge in [0.25, 0.3) is 0 Å². The highest BCUT2D eigenvalue weighted by Crippen LogP contribution is 2.26. The molecule has 1 rings (SSSR count). The Morgan fingerprint density at radius 1 is 1.12 bits per heavy atom. The van der Waals surface area contributed by atoms with Gasteiger partial charge in [-0.2, -0.15) is 0 Å². The Labute approximate surface area is 93.8 Å². The fraction of sp³-hybridized carbons (Fsp3) is 0.455. The molecule has 5 nitrogen and oxygen atoms in total. The van der Waals surface area contributed by atoms with E-state index in [1.54, 1.807) is 0 Å². The monoisotopic (exact) mass is 227 g/mol. The predicted octanol–water partition coefficient (Wildman–Crippen LogP) is -0.201. The molecule has 0 aromatic heterocycles. The average molecular weight is 227 g/mol. The van der Waals surface area contributed by atoms with E-state index < -0.39 is 18.3 Å². The molecule has 0 fully saturated rings. The minimum atomic E-state index is -1.10. The predicted molar refractivity (Wildman–Crippen MR) is 58.8 cm³/mol. The third-order valence-electron chi connectivity index (χ3n) is 2.37. The molecule has 6 N–H and O–H groups in total. The van der Waals surface area contributed by atoms with Gasteiger partial charge >= 0.3 is 0 Å². The number of aliphatic hydroxyl groups excluding tert-OH is 3. The molecule has 0 aliphatic rings. The molecule has 0 aliphatic carbocycles. The van der Waals surface area contributed by atoms with Crippen molar-refractivity contribution in [3.8, 4) is 5.75 Å². The van der Waals surface area contributed by atoms with Crippen LogP contribution >= 0.6 is 0 Å². The molecule has 0 aliphatic heterocycles. The van der Waals surface area contributed by atoms with Crippen molar-refractivity contribution >= 4 is 0 Å². The zero-order valence-electron chi connectivity index (χ0n) is 9.04. The van der Waals surface area contributed by atoms with Crippen molar-refractivity contribution in [1.82, 2.24) is 0 Å². The summed E-state index contributed by atoms with van der Waals surface area (Å²) in [5, 5.41) is 37.8. The summed E-state index contributed by atoms with van der Waals surface area (Å²) >= 11 is 0. The van der Waals surface area contributed by atoms with E-state index in [1.165, 1.54) is 25.1 Å². The Hall–Kier alpha value is -1.14. The van der Waals surface area contributed by atoms with Crippen LogP contribution in [0.2, 0.25) is 0 Å². The van der Waals surface area contributed by atoms with Gasteiger partial charge in [0.2, 0.25) is 0 Å². The van der Waals surface area contributed by atoms with Gasteiger partial charge < -0.3 is 26.2 Å². The lowest BCUT2D eigenvalue weighted by Gasteiger charge is -2.17. The summed E-state index contributed by atoms with van der Waals surface area (Å²) in [6, 6.07) is 4.22. The van der Waals surface area contributed by atoms with Gasteiger partial charge in [-0.15, -0.1) is 0 Å². The SMILES string of the molecule is CC(O)C(O)c1cc(O)cc([C@@H](O)CN)c1. The van der Waals surface area contributed by atoms with E-state index in [0.29, 0.717) is 11.1 Å².